The molecule has 1 aromatic carbocycles. The molecule has 114 valence electrons. The fourth-order valence-electron chi connectivity index (χ4n) is 2.54. The number of carbonyl (C=O) groups excluding carboxylic acids is 1. The summed E-state index contributed by atoms with van der Waals surface area (Å²) in [6.07, 6.45) is 1.48. The highest BCUT2D eigenvalue weighted by atomic mass is 32.2. The summed E-state index contributed by atoms with van der Waals surface area (Å²) in [7, 11) is -3.75. The number of nitrogens with two attached hydrogens (primary N) is 1. The summed E-state index contributed by atoms with van der Waals surface area (Å²) >= 11 is 0. The van der Waals surface area contributed by atoms with Gasteiger partial charge in [-0.15, -0.1) is 0 Å². The number of primary sulfonamides is 1. The van der Waals surface area contributed by atoms with Crippen LogP contribution in [0.15, 0.2) is 23.1 Å². The van der Waals surface area contributed by atoms with Crippen molar-refractivity contribution in [3.8, 4) is 5.75 Å². The number of benzene rings is 1. The molecule has 0 aromatic heterocycles. The molecule has 1 amide bonds. The van der Waals surface area contributed by atoms with E-state index >= 15 is 0 Å². The van der Waals surface area contributed by atoms with Crippen molar-refractivity contribution in [3.05, 3.63) is 23.8 Å². The molecule has 3 atom stereocenters. The molecule has 3 unspecified atom stereocenters. The van der Waals surface area contributed by atoms with Gasteiger partial charge in [-0.05, 0) is 42.5 Å². The first kappa shape index (κ1) is 14.3. The minimum Gasteiger partial charge on any atom is -0.492 e. The highest BCUT2D eigenvalue weighted by Gasteiger charge is 2.36. The molecular weight excluding hydrogens is 292 g/mol. The van der Waals surface area contributed by atoms with Gasteiger partial charge in [0.15, 0.2) is 0 Å². The molecule has 1 aromatic rings. The second-order valence-electron chi connectivity index (χ2n) is 5.85. The Kier molecular flexibility index (Phi) is 3.41. The maximum Gasteiger partial charge on any atom is 0.238 e. The lowest BCUT2D eigenvalue weighted by atomic mass is 9.96. The first-order valence-electron chi connectivity index (χ1n) is 6.93. The van der Waals surface area contributed by atoms with Crippen molar-refractivity contribution < 1.29 is 17.9 Å². The lowest BCUT2D eigenvalue weighted by Crippen LogP contribution is -2.38. The number of rotatable bonds is 3. The van der Waals surface area contributed by atoms with Crippen molar-refractivity contribution in [2.45, 2.75) is 30.7 Å². The Morgan fingerprint density at radius 2 is 2.14 bits per heavy atom. The van der Waals surface area contributed by atoms with E-state index in [-0.39, 0.29) is 22.8 Å². The number of nitrogens with one attached hydrogen (secondary N) is 1. The molecule has 0 bridgehead atoms. The van der Waals surface area contributed by atoms with Gasteiger partial charge in [-0.2, -0.15) is 0 Å². The molecule has 1 saturated carbocycles. The van der Waals surface area contributed by atoms with Crippen molar-refractivity contribution >= 4 is 15.9 Å². The molecule has 0 saturated heterocycles. The minimum atomic E-state index is -3.75. The summed E-state index contributed by atoms with van der Waals surface area (Å²) < 4.78 is 28.3. The van der Waals surface area contributed by atoms with Gasteiger partial charge < -0.3 is 10.1 Å². The van der Waals surface area contributed by atoms with E-state index in [1.807, 2.05) is 0 Å². The predicted molar refractivity (Wildman–Crippen MR) is 76.2 cm³/mol. The smallest absolute Gasteiger partial charge is 0.238 e. The second-order valence-corrected chi connectivity index (χ2v) is 7.42. The van der Waals surface area contributed by atoms with Gasteiger partial charge in [-0.1, -0.05) is 6.92 Å². The van der Waals surface area contributed by atoms with Gasteiger partial charge in [0, 0.05) is 6.04 Å². The van der Waals surface area contributed by atoms with Crippen LogP contribution in [0.25, 0.3) is 0 Å². The lowest BCUT2D eigenvalue weighted by molar-refractivity contribution is -0.126. The van der Waals surface area contributed by atoms with Crippen molar-refractivity contribution in [2.75, 3.05) is 6.61 Å². The maximum absolute atomic E-state index is 12.2. The number of carbonyl (C=O) groups is 1. The van der Waals surface area contributed by atoms with E-state index in [9.17, 15) is 13.2 Å². The molecule has 21 heavy (non-hydrogen) atoms. The van der Waals surface area contributed by atoms with Gasteiger partial charge in [0.05, 0.1) is 10.8 Å². The monoisotopic (exact) mass is 310 g/mol. The zero-order valence-corrected chi connectivity index (χ0v) is 12.5. The minimum absolute atomic E-state index is 0.0315. The SMILES string of the molecule is CC1CC1NC(=O)C1COc2ccc(S(N)(=O)=O)cc2C1. The highest BCUT2D eigenvalue weighted by Crippen LogP contribution is 2.32. The normalized spacial score (nSPS) is 27.4. The Labute approximate surface area is 123 Å². The Morgan fingerprint density at radius 3 is 2.76 bits per heavy atom. The standard InChI is InChI=1S/C14H18N2O4S/c1-8-4-12(8)16-14(17)10-5-9-6-11(21(15,18)19)2-3-13(9)20-7-10/h2-3,6,8,10,12H,4-5,7H2,1H3,(H,16,17)(H2,15,18,19). The fourth-order valence-corrected chi connectivity index (χ4v) is 3.10. The van der Waals surface area contributed by atoms with E-state index in [2.05, 4.69) is 12.2 Å². The van der Waals surface area contributed by atoms with Gasteiger partial charge in [0.25, 0.3) is 0 Å². The first-order chi connectivity index (χ1) is 9.84. The zero-order valence-electron chi connectivity index (χ0n) is 11.7. The van der Waals surface area contributed by atoms with Gasteiger partial charge in [-0.3, -0.25) is 4.79 Å². The fraction of sp³-hybridized carbons (Fsp3) is 0.500. The number of hydrogen-bond acceptors (Lipinski definition) is 4. The van der Waals surface area contributed by atoms with Crippen LogP contribution in [-0.2, 0) is 21.2 Å². The van der Waals surface area contributed by atoms with E-state index < -0.39 is 10.0 Å². The Bertz CT molecular complexity index is 686. The Hall–Kier alpha value is -1.60. The summed E-state index contributed by atoms with van der Waals surface area (Å²) in [6, 6.07) is 4.77. The zero-order chi connectivity index (χ0) is 15.2. The quantitative estimate of drug-likeness (QED) is 0.844. The van der Waals surface area contributed by atoms with Crippen molar-refractivity contribution in [1.82, 2.24) is 5.32 Å². The second kappa shape index (κ2) is 4.99. The predicted octanol–water partition coefficient (Wildman–Crippen LogP) is 0.410. The molecule has 0 spiro atoms. The molecule has 1 aliphatic heterocycles. The molecule has 1 fully saturated rings. The summed E-state index contributed by atoms with van der Waals surface area (Å²) in [4.78, 5) is 12.2. The van der Waals surface area contributed by atoms with Gasteiger partial charge in [0.1, 0.15) is 12.4 Å². The largest absolute Gasteiger partial charge is 0.492 e. The van der Waals surface area contributed by atoms with Crippen LogP contribution >= 0.6 is 0 Å². The van der Waals surface area contributed by atoms with Crippen molar-refractivity contribution in [3.63, 3.8) is 0 Å². The van der Waals surface area contributed by atoms with E-state index in [4.69, 9.17) is 9.88 Å². The lowest BCUT2D eigenvalue weighted by Gasteiger charge is -2.25. The third-order valence-corrected chi connectivity index (χ3v) is 4.99. The molecule has 7 heteroatoms. The number of ether oxygens (including phenoxy) is 1. The maximum atomic E-state index is 12.2. The molecular formula is C14H18N2O4S. The van der Waals surface area contributed by atoms with Crippen LogP contribution in [0.3, 0.4) is 0 Å². The third kappa shape index (κ3) is 3.03. The van der Waals surface area contributed by atoms with Crippen LogP contribution < -0.4 is 15.2 Å². The first-order valence-corrected chi connectivity index (χ1v) is 8.48. The number of sulfonamides is 1. The van der Waals surface area contributed by atoms with Crippen LogP contribution in [0.4, 0.5) is 0 Å². The molecule has 3 rings (SSSR count). The average Bonchev–Trinajstić information content (AvgIpc) is 3.11. The van der Waals surface area contributed by atoms with Crippen LogP contribution in [0, 0.1) is 11.8 Å². The number of amides is 1. The van der Waals surface area contributed by atoms with Crippen molar-refractivity contribution in [1.29, 1.82) is 0 Å². The Morgan fingerprint density at radius 1 is 1.43 bits per heavy atom. The van der Waals surface area contributed by atoms with Gasteiger partial charge in [-0.25, -0.2) is 13.6 Å². The molecule has 0 radical (unpaired) electrons. The molecule has 3 N–H and O–H groups in total. The van der Waals surface area contributed by atoms with Crippen LogP contribution in [0.1, 0.15) is 18.9 Å². The van der Waals surface area contributed by atoms with E-state index in [0.717, 1.165) is 6.42 Å². The van der Waals surface area contributed by atoms with E-state index in [1.165, 1.54) is 12.1 Å². The van der Waals surface area contributed by atoms with Gasteiger partial charge >= 0.3 is 0 Å². The Balaban J connectivity index is 1.76. The summed E-state index contributed by atoms with van der Waals surface area (Å²) in [6.45, 7) is 2.41. The summed E-state index contributed by atoms with van der Waals surface area (Å²) in [5.41, 5.74) is 0.705. The van der Waals surface area contributed by atoms with Crippen LogP contribution in [0.2, 0.25) is 0 Å². The molecule has 1 aliphatic carbocycles. The summed E-state index contributed by atoms with van der Waals surface area (Å²) in [5.74, 6) is 0.836. The molecule has 2 aliphatic rings. The topological polar surface area (TPSA) is 98.5 Å². The highest BCUT2D eigenvalue weighted by molar-refractivity contribution is 7.89. The van der Waals surface area contributed by atoms with Crippen LogP contribution in [-0.4, -0.2) is 27.0 Å². The van der Waals surface area contributed by atoms with Gasteiger partial charge in [0.2, 0.25) is 15.9 Å². The van der Waals surface area contributed by atoms with Crippen molar-refractivity contribution in [2.24, 2.45) is 17.0 Å². The summed E-state index contributed by atoms with van der Waals surface area (Å²) in [5, 5.41) is 8.11. The average molecular weight is 310 g/mol. The number of hydrogen-bond donors (Lipinski definition) is 2. The number of fused-ring (bicyclic) bond motifs is 1. The van der Waals surface area contributed by atoms with E-state index in [0.29, 0.717) is 30.3 Å². The third-order valence-electron chi connectivity index (χ3n) is 4.07. The van der Waals surface area contributed by atoms with Crippen LogP contribution in [0.5, 0.6) is 5.75 Å². The molecule has 6 nitrogen and oxygen atoms in total. The van der Waals surface area contributed by atoms with E-state index in [1.54, 1.807) is 6.07 Å². The molecule has 1 heterocycles.